The molecule has 6 aromatic carbocycles. The molecule has 4 aromatic heterocycles. The van der Waals surface area contributed by atoms with Gasteiger partial charge in [0.25, 0.3) is 0 Å². The lowest BCUT2D eigenvalue weighted by molar-refractivity contribution is 0.435. The summed E-state index contributed by atoms with van der Waals surface area (Å²) in [6.07, 6.45) is 7.21. The summed E-state index contributed by atoms with van der Waals surface area (Å²) >= 11 is 0. The molecule has 0 bridgehead atoms. The van der Waals surface area contributed by atoms with Crippen molar-refractivity contribution in [1.29, 1.82) is 0 Å². The fraction of sp³-hybridized carbons (Fsp3) is 0.0192. The SMILES string of the molecule is O=P1(c2ccccc2)c2ccccc2C2(c3ccccc3Oc3cc(-c4cc(-c5cccnc5)nc(-c5cccnc5)c4)ccc32)c2cc3c(cc21)oc1ccccc13. The zero-order chi connectivity index (χ0) is 39.1. The summed E-state index contributed by atoms with van der Waals surface area (Å²) < 4.78 is 30.0. The van der Waals surface area contributed by atoms with E-state index in [0.29, 0.717) is 5.58 Å². The van der Waals surface area contributed by atoms with Gasteiger partial charge in [-0.3, -0.25) is 9.97 Å². The highest BCUT2D eigenvalue weighted by molar-refractivity contribution is 7.85. The normalized spacial score (nSPS) is 17.5. The molecule has 10 aromatic rings. The van der Waals surface area contributed by atoms with Gasteiger partial charge in [0.2, 0.25) is 0 Å². The van der Waals surface area contributed by atoms with E-state index < -0.39 is 12.6 Å². The Balaban J connectivity index is 1.17. The van der Waals surface area contributed by atoms with Crippen molar-refractivity contribution in [2.45, 2.75) is 5.41 Å². The summed E-state index contributed by atoms with van der Waals surface area (Å²) in [6, 6.07) is 57.5. The molecule has 2 atom stereocenters. The fourth-order valence-electron chi connectivity index (χ4n) is 9.40. The second-order valence-electron chi connectivity index (χ2n) is 15.1. The molecule has 2 aliphatic heterocycles. The maximum Gasteiger partial charge on any atom is 0.171 e. The number of fused-ring (bicyclic) bond motifs is 11. The van der Waals surface area contributed by atoms with Gasteiger partial charge in [-0.1, -0.05) is 103 Å². The largest absolute Gasteiger partial charge is 0.457 e. The Labute approximate surface area is 339 Å². The van der Waals surface area contributed by atoms with Gasteiger partial charge in [-0.05, 0) is 89.0 Å². The molecule has 0 N–H and O–H groups in total. The number of nitrogens with zero attached hydrogens (tertiary/aromatic N) is 3. The van der Waals surface area contributed by atoms with Crippen molar-refractivity contribution in [1.82, 2.24) is 15.0 Å². The van der Waals surface area contributed by atoms with Crippen molar-refractivity contribution in [3.8, 4) is 45.1 Å². The summed E-state index contributed by atoms with van der Waals surface area (Å²) in [7, 11) is -3.45. The molecule has 12 rings (SSSR count). The van der Waals surface area contributed by atoms with Crippen LogP contribution >= 0.6 is 7.14 Å². The lowest BCUT2D eigenvalue weighted by Crippen LogP contribution is -2.47. The van der Waals surface area contributed by atoms with Crippen LogP contribution in [-0.2, 0) is 9.98 Å². The van der Waals surface area contributed by atoms with E-state index in [9.17, 15) is 0 Å². The minimum Gasteiger partial charge on any atom is -0.457 e. The van der Waals surface area contributed by atoms with Crippen LogP contribution in [0.3, 0.4) is 0 Å². The van der Waals surface area contributed by atoms with Gasteiger partial charge in [0.05, 0.1) is 16.8 Å². The molecule has 0 radical (unpaired) electrons. The first-order chi connectivity index (χ1) is 29.1. The Kier molecular flexibility index (Phi) is 7.32. The van der Waals surface area contributed by atoms with Crippen LogP contribution in [0.5, 0.6) is 11.5 Å². The predicted molar refractivity (Wildman–Crippen MR) is 235 cm³/mol. The predicted octanol–water partition coefficient (Wildman–Crippen LogP) is 11.2. The Bertz CT molecular complexity index is 3290. The van der Waals surface area contributed by atoms with Gasteiger partial charge >= 0.3 is 0 Å². The van der Waals surface area contributed by atoms with E-state index in [1.165, 1.54) is 0 Å². The number of hydrogen-bond donors (Lipinski definition) is 0. The molecule has 6 heterocycles. The van der Waals surface area contributed by atoms with Gasteiger partial charge in [-0.15, -0.1) is 0 Å². The highest BCUT2D eigenvalue weighted by Gasteiger charge is 2.55. The standard InChI is InChI=1S/C52H32N3O3P/c56-59(37-14-2-1-3-15-37)50-21-9-6-18-42(50)52(43-29-39-38-16-4-7-19-46(38)57-48(39)30-51(43)59)40-17-5-8-20-47(40)58-49-28-33(22-23-41(49)52)36-26-44(34-12-10-24-53-31-34)55-45(27-36)35-13-11-25-54-32-35/h1-32H. The molecule has 278 valence electrons. The van der Waals surface area contributed by atoms with Crippen molar-refractivity contribution >= 4 is 45.0 Å². The van der Waals surface area contributed by atoms with E-state index in [2.05, 4.69) is 88.8 Å². The van der Waals surface area contributed by atoms with Crippen molar-refractivity contribution in [3.63, 3.8) is 0 Å². The number of benzene rings is 6. The summed E-state index contributed by atoms with van der Waals surface area (Å²) in [4.78, 5) is 13.9. The quantitative estimate of drug-likeness (QED) is 0.166. The molecule has 59 heavy (non-hydrogen) atoms. The molecule has 0 aliphatic carbocycles. The number of para-hydroxylation sites is 2. The van der Waals surface area contributed by atoms with Gasteiger partial charge in [0.1, 0.15) is 22.7 Å². The van der Waals surface area contributed by atoms with Crippen LogP contribution in [0.15, 0.2) is 199 Å². The number of hydrogen-bond acceptors (Lipinski definition) is 6. The summed E-state index contributed by atoms with van der Waals surface area (Å²) in [5.41, 5.74) is 9.85. The third-order valence-corrected chi connectivity index (χ3v) is 15.1. The summed E-state index contributed by atoms with van der Waals surface area (Å²) in [5, 5.41) is 4.33. The molecular weight excluding hydrogens is 746 g/mol. The Morgan fingerprint density at radius 3 is 1.90 bits per heavy atom. The number of pyridine rings is 3. The van der Waals surface area contributed by atoms with E-state index >= 15 is 4.57 Å². The molecule has 2 aliphatic rings. The van der Waals surface area contributed by atoms with Crippen LogP contribution in [0.1, 0.15) is 22.3 Å². The van der Waals surface area contributed by atoms with E-state index in [4.69, 9.17) is 14.1 Å². The highest BCUT2D eigenvalue weighted by Crippen LogP contribution is 2.62. The zero-order valence-electron chi connectivity index (χ0n) is 31.5. The van der Waals surface area contributed by atoms with E-state index in [0.717, 1.165) is 99.7 Å². The fourth-order valence-corrected chi connectivity index (χ4v) is 12.6. The number of rotatable bonds is 4. The van der Waals surface area contributed by atoms with Crippen LogP contribution in [0.2, 0.25) is 0 Å². The van der Waals surface area contributed by atoms with Crippen LogP contribution in [-0.4, -0.2) is 15.0 Å². The van der Waals surface area contributed by atoms with Crippen LogP contribution < -0.4 is 20.7 Å². The van der Waals surface area contributed by atoms with Crippen LogP contribution in [0.25, 0.3) is 55.6 Å². The summed E-state index contributed by atoms with van der Waals surface area (Å²) in [5.74, 6) is 1.46. The minimum absolute atomic E-state index is 0.707. The zero-order valence-corrected chi connectivity index (χ0v) is 32.4. The monoisotopic (exact) mass is 777 g/mol. The molecule has 0 saturated heterocycles. The van der Waals surface area contributed by atoms with Crippen LogP contribution in [0, 0.1) is 0 Å². The average Bonchev–Trinajstić information content (AvgIpc) is 3.68. The number of aromatic nitrogens is 3. The van der Waals surface area contributed by atoms with Crippen molar-refractivity contribution in [3.05, 3.63) is 217 Å². The van der Waals surface area contributed by atoms with Gasteiger partial charge in [0, 0.05) is 73.7 Å². The molecule has 6 nitrogen and oxygen atoms in total. The third kappa shape index (κ3) is 4.87. The van der Waals surface area contributed by atoms with Gasteiger partial charge in [-0.2, -0.15) is 0 Å². The lowest BCUT2D eigenvalue weighted by Gasteiger charge is -2.47. The van der Waals surface area contributed by atoms with Gasteiger partial charge < -0.3 is 13.7 Å². The van der Waals surface area contributed by atoms with E-state index in [1.807, 2.05) is 103 Å². The molecular formula is C52H32N3O3P. The molecule has 7 heteroatoms. The first-order valence-electron chi connectivity index (χ1n) is 19.6. The van der Waals surface area contributed by atoms with Crippen molar-refractivity contribution < 1.29 is 13.7 Å². The van der Waals surface area contributed by atoms with Gasteiger partial charge in [-0.25, -0.2) is 4.98 Å². The average molecular weight is 778 g/mol. The first kappa shape index (κ1) is 33.7. The second kappa shape index (κ2) is 12.8. The molecule has 1 spiro atoms. The summed E-state index contributed by atoms with van der Waals surface area (Å²) in [6.45, 7) is 0. The molecule has 0 amide bonds. The van der Waals surface area contributed by atoms with Crippen molar-refractivity contribution in [2.24, 2.45) is 0 Å². The van der Waals surface area contributed by atoms with Crippen LogP contribution in [0.4, 0.5) is 0 Å². The number of ether oxygens (including phenoxy) is 1. The maximum atomic E-state index is 16.4. The Morgan fingerprint density at radius 1 is 0.458 bits per heavy atom. The Hall–Kier alpha value is -7.40. The maximum absolute atomic E-state index is 16.4. The van der Waals surface area contributed by atoms with E-state index in [1.54, 1.807) is 12.4 Å². The highest BCUT2D eigenvalue weighted by atomic mass is 31.2. The second-order valence-corrected chi connectivity index (χ2v) is 17.8. The topological polar surface area (TPSA) is 78.1 Å². The molecule has 0 fully saturated rings. The molecule has 0 saturated carbocycles. The number of furan rings is 1. The lowest BCUT2D eigenvalue weighted by atomic mass is 9.63. The Morgan fingerprint density at radius 2 is 1.14 bits per heavy atom. The smallest absolute Gasteiger partial charge is 0.171 e. The molecule has 2 unspecified atom stereocenters. The van der Waals surface area contributed by atoms with E-state index in [-0.39, 0.29) is 0 Å². The minimum atomic E-state index is -3.45. The van der Waals surface area contributed by atoms with Crippen molar-refractivity contribution in [2.75, 3.05) is 0 Å². The first-order valence-corrected chi connectivity index (χ1v) is 21.3. The third-order valence-electron chi connectivity index (χ3n) is 12.0. The van der Waals surface area contributed by atoms with Gasteiger partial charge in [0.15, 0.2) is 7.14 Å².